The van der Waals surface area contributed by atoms with Crippen molar-refractivity contribution in [3.63, 3.8) is 0 Å². The van der Waals surface area contributed by atoms with Gasteiger partial charge in [-0.3, -0.25) is 13.9 Å². The normalized spacial score (nSPS) is 13.1. The Morgan fingerprint density at radius 3 is 2.15 bits per heavy atom. The second-order valence-electron chi connectivity index (χ2n) is 7.97. The van der Waals surface area contributed by atoms with Crippen molar-refractivity contribution in [2.45, 2.75) is 52.2 Å². The zero-order valence-corrected chi connectivity index (χ0v) is 20.3. The van der Waals surface area contributed by atoms with Gasteiger partial charge >= 0.3 is 0 Å². The minimum absolute atomic E-state index is 0.0776. The van der Waals surface area contributed by atoms with E-state index in [4.69, 9.17) is 0 Å². The fourth-order valence-corrected chi connectivity index (χ4v) is 4.24. The van der Waals surface area contributed by atoms with Gasteiger partial charge in [-0.15, -0.1) is 0 Å². The lowest BCUT2D eigenvalue weighted by Gasteiger charge is -2.33. The topological polar surface area (TPSA) is 86.8 Å². The van der Waals surface area contributed by atoms with E-state index in [1.165, 1.54) is 23.1 Å². The van der Waals surface area contributed by atoms with E-state index in [1.54, 1.807) is 6.92 Å². The average molecular weight is 478 g/mol. The summed E-state index contributed by atoms with van der Waals surface area (Å²) < 4.78 is 40.1. The van der Waals surface area contributed by atoms with E-state index < -0.39 is 34.3 Å². The van der Waals surface area contributed by atoms with Gasteiger partial charge in [0, 0.05) is 12.6 Å². The Hall–Kier alpha value is -2.94. The van der Waals surface area contributed by atoms with Crippen molar-refractivity contribution >= 4 is 27.5 Å². The van der Waals surface area contributed by atoms with Crippen LogP contribution in [0.1, 0.15) is 39.2 Å². The second kappa shape index (κ2) is 11.8. The van der Waals surface area contributed by atoms with E-state index in [0.29, 0.717) is 6.42 Å². The number of nitrogens with zero attached hydrogens (tertiary/aromatic N) is 2. The minimum Gasteiger partial charge on any atom is -0.352 e. The minimum atomic E-state index is -3.97. The Morgan fingerprint density at radius 1 is 1.00 bits per heavy atom. The molecule has 0 unspecified atom stereocenters. The Morgan fingerprint density at radius 2 is 1.61 bits per heavy atom. The number of hydrogen-bond donors (Lipinski definition) is 1. The summed E-state index contributed by atoms with van der Waals surface area (Å²) in [6, 6.07) is 13.6. The Bertz CT molecular complexity index is 1050. The summed E-state index contributed by atoms with van der Waals surface area (Å²) in [5.74, 6) is -1.67. The van der Waals surface area contributed by atoms with Gasteiger partial charge in [0.05, 0.1) is 11.9 Å². The lowest BCUT2D eigenvalue weighted by atomic mass is 10.1. The summed E-state index contributed by atoms with van der Waals surface area (Å²) in [6.07, 6.45) is 1.98. The van der Waals surface area contributed by atoms with Crippen LogP contribution in [0.5, 0.6) is 0 Å². The van der Waals surface area contributed by atoms with Crippen molar-refractivity contribution in [2.75, 3.05) is 17.1 Å². The van der Waals surface area contributed by atoms with Crippen LogP contribution < -0.4 is 9.62 Å². The van der Waals surface area contributed by atoms with Crippen molar-refractivity contribution in [2.24, 2.45) is 0 Å². The van der Waals surface area contributed by atoms with Crippen molar-refractivity contribution in [3.8, 4) is 0 Å². The second-order valence-corrected chi connectivity index (χ2v) is 9.88. The number of carbonyl (C=O) groups is 2. The molecule has 2 atom stereocenters. The van der Waals surface area contributed by atoms with Crippen LogP contribution in [-0.4, -0.2) is 50.0 Å². The van der Waals surface area contributed by atoms with E-state index in [2.05, 4.69) is 5.32 Å². The van der Waals surface area contributed by atoms with E-state index in [-0.39, 0.29) is 24.2 Å². The molecule has 0 radical (unpaired) electrons. The van der Waals surface area contributed by atoms with Gasteiger partial charge in [0.2, 0.25) is 21.8 Å². The first-order chi connectivity index (χ1) is 15.6. The van der Waals surface area contributed by atoms with Crippen molar-refractivity contribution in [1.29, 1.82) is 0 Å². The molecule has 2 aromatic rings. The molecule has 0 spiro atoms. The first-order valence-corrected chi connectivity index (χ1v) is 12.8. The maximum absolute atomic E-state index is 14.4. The molecule has 0 saturated carbocycles. The van der Waals surface area contributed by atoms with E-state index in [0.717, 1.165) is 28.6 Å². The Balaban J connectivity index is 2.42. The highest BCUT2D eigenvalue weighted by Crippen LogP contribution is 2.22. The number of amides is 2. The summed E-state index contributed by atoms with van der Waals surface area (Å²) in [6.45, 7) is 5.09. The smallest absolute Gasteiger partial charge is 0.244 e. The molecule has 0 aliphatic heterocycles. The fraction of sp³-hybridized carbons (Fsp3) is 0.417. The molecule has 1 N–H and O–H groups in total. The molecule has 2 rings (SSSR count). The van der Waals surface area contributed by atoms with Gasteiger partial charge in [-0.1, -0.05) is 56.3 Å². The average Bonchev–Trinajstić information content (AvgIpc) is 2.77. The molecular formula is C24H32FN3O4S. The lowest BCUT2D eigenvalue weighted by molar-refractivity contribution is -0.140. The molecule has 33 heavy (non-hydrogen) atoms. The number of para-hydroxylation sites is 1. The van der Waals surface area contributed by atoms with Gasteiger partial charge in [0.1, 0.15) is 18.4 Å². The summed E-state index contributed by atoms with van der Waals surface area (Å²) in [5, 5.41) is 2.90. The van der Waals surface area contributed by atoms with Gasteiger partial charge < -0.3 is 10.2 Å². The highest BCUT2D eigenvalue weighted by molar-refractivity contribution is 7.92. The number of sulfonamides is 1. The van der Waals surface area contributed by atoms with Gasteiger partial charge in [-0.05, 0) is 37.5 Å². The zero-order chi connectivity index (χ0) is 24.6. The van der Waals surface area contributed by atoms with Crippen LogP contribution in [0.25, 0.3) is 0 Å². The monoisotopic (exact) mass is 477 g/mol. The third-order valence-corrected chi connectivity index (χ3v) is 6.51. The molecule has 0 heterocycles. The first kappa shape index (κ1) is 26.3. The fourth-order valence-electron chi connectivity index (χ4n) is 3.39. The van der Waals surface area contributed by atoms with Crippen molar-refractivity contribution in [1.82, 2.24) is 10.2 Å². The van der Waals surface area contributed by atoms with Crippen LogP contribution in [0.4, 0.5) is 10.1 Å². The van der Waals surface area contributed by atoms with E-state index in [1.807, 2.05) is 44.2 Å². The molecule has 2 aromatic carbocycles. The van der Waals surface area contributed by atoms with Gasteiger partial charge in [0.25, 0.3) is 0 Å². The molecule has 0 fully saturated rings. The van der Waals surface area contributed by atoms with Gasteiger partial charge in [-0.25, -0.2) is 12.8 Å². The molecule has 7 nitrogen and oxygen atoms in total. The quantitative estimate of drug-likeness (QED) is 0.538. The zero-order valence-electron chi connectivity index (χ0n) is 19.5. The van der Waals surface area contributed by atoms with Gasteiger partial charge in [-0.2, -0.15) is 0 Å². The molecule has 9 heteroatoms. The molecule has 0 aliphatic rings. The standard InChI is InChI=1S/C24H32FN3O4S/c1-5-18(3)26-24(30)21(6-2)27(16-19-12-8-7-9-13-19)23(29)17-28(33(4,31)32)22-15-11-10-14-20(22)25/h7-15,18,21H,5-6,16-17H2,1-4H3,(H,26,30)/t18-,21+/m1/s1. The molecule has 0 aliphatic carbocycles. The third-order valence-electron chi connectivity index (χ3n) is 5.38. The number of rotatable bonds is 11. The molecule has 180 valence electrons. The Labute approximate surface area is 195 Å². The molecule has 2 amide bonds. The number of halogens is 1. The largest absolute Gasteiger partial charge is 0.352 e. The highest BCUT2D eigenvalue weighted by Gasteiger charge is 2.32. The van der Waals surface area contributed by atoms with Crippen LogP contribution in [0, 0.1) is 5.82 Å². The number of hydrogen-bond acceptors (Lipinski definition) is 4. The van der Waals surface area contributed by atoms with Crippen LogP contribution in [0.2, 0.25) is 0 Å². The summed E-state index contributed by atoms with van der Waals surface area (Å²) in [4.78, 5) is 27.8. The molecule has 0 saturated heterocycles. The molecule has 0 bridgehead atoms. The number of carbonyl (C=O) groups excluding carboxylic acids is 2. The van der Waals surface area contributed by atoms with E-state index >= 15 is 0 Å². The lowest BCUT2D eigenvalue weighted by Crippen LogP contribution is -2.53. The van der Waals surface area contributed by atoms with Crippen LogP contribution in [-0.2, 0) is 26.2 Å². The summed E-state index contributed by atoms with van der Waals surface area (Å²) in [5.41, 5.74) is 0.572. The third kappa shape index (κ3) is 7.28. The maximum atomic E-state index is 14.4. The predicted molar refractivity (Wildman–Crippen MR) is 128 cm³/mol. The van der Waals surface area contributed by atoms with Crippen LogP contribution >= 0.6 is 0 Å². The van der Waals surface area contributed by atoms with E-state index in [9.17, 15) is 22.4 Å². The Kier molecular flexibility index (Phi) is 9.40. The number of anilines is 1. The van der Waals surface area contributed by atoms with Crippen molar-refractivity contribution in [3.05, 3.63) is 66.0 Å². The number of nitrogens with one attached hydrogen (secondary N) is 1. The van der Waals surface area contributed by atoms with Crippen LogP contribution in [0.3, 0.4) is 0 Å². The van der Waals surface area contributed by atoms with Crippen molar-refractivity contribution < 1.29 is 22.4 Å². The first-order valence-electron chi connectivity index (χ1n) is 10.9. The maximum Gasteiger partial charge on any atom is 0.244 e. The SMILES string of the molecule is CC[C@@H](C)NC(=O)[C@H](CC)N(Cc1ccccc1)C(=O)CN(c1ccccc1F)S(C)(=O)=O. The van der Waals surface area contributed by atoms with Gasteiger partial charge in [0.15, 0.2) is 0 Å². The molecular weight excluding hydrogens is 445 g/mol. The number of benzene rings is 2. The molecule has 0 aromatic heterocycles. The highest BCUT2D eigenvalue weighted by atomic mass is 32.2. The summed E-state index contributed by atoms with van der Waals surface area (Å²) >= 11 is 0. The van der Waals surface area contributed by atoms with Crippen LogP contribution in [0.15, 0.2) is 54.6 Å². The predicted octanol–water partition coefficient (Wildman–Crippen LogP) is 3.31. The summed E-state index contributed by atoms with van der Waals surface area (Å²) in [7, 11) is -3.97.